The fourth-order valence-corrected chi connectivity index (χ4v) is 2.97. The van der Waals surface area contributed by atoms with Gasteiger partial charge in [-0.3, -0.25) is 0 Å². The van der Waals surface area contributed by atoms with Crippen molar-refractivity contribution in [1.29, 1.82) is 0 Å². The maximum atomic E-state index is 10.8. The summed E-state index contributed by atoms with van der Waals surface area (Å²) in [5.74, 6) is 0. The van der Waals surface area contributed by atoms with E-state index >= 15 is 0 Å². The van der Waals surface area contributed by atoms with Gasteiger partial charge >= 0.3 is 0 Å². The van der Waals surface area contributed by atoms with E-state index in [-0.39, 0.29) is 5.41 Å². The molecule has 1 aliphatic heterocycles. The SMILES string of the molecule is CCOC1(C(O)c2ccc(C(C)(C)C)cc2)CCOCC1. The Morgan fingerprint density at radius 2 is 1.76 bits per heavy atom. The van der Waals surface area contributed by atoms with Crippen molar-refractivity contribution in [3.05, 3.63) is 35.4 Å². The normalized spacial score (nSPS) is 20.2. The first-order valence-electron chi connectivity index (χ1n) is 7.89. The van der Waals surface area contributed by atoms with Crippen LogP contribution in [0.4, 0.5) is 0 Å². The van der Waals surface area contributed by atoms with Gasteiger partial charge < -0.3 is 14.6 Å². The fraction of sp³-hybridized carbons (Fsp3) is 0.667. The van der Waals surface area contributed by atoms with E-state index in [0.717, 1.165) is 18.4 Å². The van der Waals surface area contributed by atoms with Gasteiger partial charge in [-0.05, 0) is 23.5 Å². The summed E-state index contributed by atoms with van der Waals surface area (Å²) in [5, 5.41) is 10.8. The second-order valence-corrected chi connectivity index (χ2v) is 6.88. The Labute approximate surface area is 128 Å². The zero-order valence-corrected chi connectivity index (χ0v) is 13.7. The molecule has 0 spiro atoms. The standard InChI is InChI=1S/C18H28O3/c1-5-21-18(10-12-20-13-11-18)16(19)14-6-8-15(9-7-14)17(2,3)4/h6-9,16,19H,5,10-13H2,1-4H3. The lowest BCUT2D eigenvalue weighted by molar-refractivity contribution is -0.168. The highest BCUT2D eigenvalue weighted by molar-refractivity contribution is 5.30. The van der Waals surface area contributed by atoms with E-state index in [4.69, 9.17) is 9.47 Å². The average molecular weight is 292 g/mol. The Bertz CT molecular complexity index is 433. The van der Waals surface area contributed by atoms with Gasteiger partial charge in [0.25, 0.3) is 0 Å². The number of benzene rings is 1. The first kappa shape index (κ1) is 16.5. The molecule has 1 aromatic carbocycles. The number of rotatable bonds is 4. The summed E-state index contributed by atoms with van der Waals surface area (Å²) in [6.45, 7) is 10.5. The van der Waals surface area contributed by atoms with Crippen molar-refractivity contribution in [2.45, 2.75) is 57.7 Å². The lowest BCUT2D eigenvalue weighted by atomic mass is 9.82. The Morgan fingerprint density at radius 1 is 1.19 bits per heavy atom. The van der Waals surface area contributed by atoms with Crippen LogP contribution in [0.3, 0.4) is 0 Å². The third-order valence-corrected chi connectivity index (χ3v) is 4.36. The van der Waals surface area contributed by atoms with E-state index in [1.807, 2.05) is 19.1 Å². The van der Waals surface area contributed by atoms with Crippen LogP contribution in [0.2, 0.25) is 0 Å². The first-order chi connectivity index (χ1) is 9.89. The summed E-state index contributed by atoms with van der Waals surface area (Å²) < 4.78 is 11.4. The molecule has 118 valence electrons. The van der Waals surface area contributed by atoms with Gasteiger partial charge in [0.2, 0.25) is 0 Å². The minimum absolute atomic E-state index is 0.125. The van der Waals surface area contributed by atoms with Crippen molar-refractivity contribution in [2.75, 3.05) is 19.8 Å². The molecule has 3 heteroatoms. The molecule has 1 atom stereocenters. The Kier molecular flexibility index (Phi) is 5.07. The largest absolute Gasteiger partial charge is 0.385 e. The summed E-state index contributed by atoms with van der Waals surface area (Å²) in [6.07, 6.45) is 0.877. The molecule has 1 aromatic rings. The lowest BCUT2D eigenvalue weighted by Gasteiger charge is -2.40. The Morgan fingerprint density at radius 3 is 2.24 bits per heavy atom. The second-order valence-electron chi connectivity index (χ2n) is 6.88. The summed E-state index contributed by atoms with van der Waals surface area (Å²) in [7, 11) is 0. The van der Waals surface area contributed by atoms with Crippen LogP contribution in [-0.4, -0.2) is 30.5 Å². The van der Waals surface area contributed by atoms with Crippen LogP contribution in [-0.2, 0) is 14.9 Å². The van der Waals surface area contributed by atoms with E-state index in [9.17, 15) is 5.11 Å². The monoisotopic (exact) mass is 292 g/mol. The van der Waals surface area contributed by atoms with E-state index in [1.165, 1.54) is 5.56 Å². The number of ether oxygens (including phenoxy) is 2. The van der Waals surface area contributed by atoms with Gasteiger partial charge in [0.05, 0.1) is 0 Å². The van der Waals surface area contributed by atoms with Crippen LogP contribution in [0, 0.1) is 0 Å². The van der Waals surface area contributed by atoms with Crippen molar-refractivity contribution in [2.24, 2.45) is 0 Å². The molecule has 0 radical (unpaired) electrons. The Hall–Kier alpha value is -0.900. The van der Waals surface area contributed by atoms with E-state index < -0.39 is 11.7 Å². The molecule has 0 aromatic heterocycles. The molecular formula is C18H28O3. The van der Waals surface area contributed by atoms with Crippen LogP contribution in [0.5, 0.6) is 0 Å². The summed E-state index contributed by atoms with van der Waals surface area (Å²) in [4.78, 5) is 0. The first-order valence-corrected chi connectivity index (χ1v) is 7.89. The van der Waals surface area contributed by atoms with Gasteiger partial charge in [-0.15, -0.1) is 0 Å². The molecule has 21 heavy (non-hydrogen) atoms. The van der Waals surface area contributed by atoms with E-state index in [0.29, 0.717) is 19.8 Å². The predicted octanol–water partition coefficient (Wildman–Crippen LogP) is 3.60. The van der Waals surface area contributed by atoms with E-state index in [2.05, 4.69) is 32.9 Å². The van der Waals surface area contributed by atoms with Crippen LogP contribution >= 0.6 is 0 Å². The minimum atomic E-state index is -0.602. The molecule has 1 aliphatic rings. The average Bonchev–Trinajstić information content (AvgIpc) is 2.47. The van der Waals surface area contributed by atoms with Crippen molar-refractivity contribution in [3.63, 3.8) is 0 Å². The lowest BCUT2D eigenvalue weighted by Crippen LogP contribution is -2.44. The van der Waals surface area contributed by atoms with E-state index in [1.54, 1.807) is 0 Å². The molecular weight excluding hydrogens is 264 g/mol. The molecule has 1 fully saturated rings. The second kappa shape index (κ2) is 6.47. The molecule has 0 saturated carbocycles. The molecule has 3 nitrogen and oxygen atoms in total. The summed E-state index contributed by atoms with van der Waals surface area (Å²) >= 11 is 0. The zero-order valence-electron chi connectivity index (χ0n) is 13.7. The predicted molar refractivity (Wildman–Crippen MR) is 84.5 cm³/mol. The van der Waals surface area contributed by atoms with Crippen molar-refractivity contribution in [3.8, 4) is 0 Å². The van der Waals surface area contributed by atoms with Crippen LogP contribution in [0.15, 0.2) is 24.3 Å². The minimum Gasteiger partial charge on any atom is -0.385 e. The maximum absolute atomic E-state index is 10.8. The van der Waals surface area contributed by atoms with Crippen molar-refractivity contribution < 1.29 is 14.6 Å². The molecule has 1 saturated heterocycles. The topological polar surface area (TPSA) is 38.7 Å². The van der Waals surface area contributed by atoms with Crippen LogP contribution in [0.25, 0.3) is 0 Å². The number of aliphatic hydroxyl groups is 1. The van der Waals surface area contributed by atoms with Crippen molar-refractivity contribution in [1.82, 2.24) is 0 Å². The number of hydrogen-bond acceptors (Lipinski definition) is 3. The molecule has 1 heterocycles. The van der Waals surface area contributed by atoms with Crippen molar-refractivity contribution >= 4 is 0 Å². The number of aliphatic hydroxyl groups excluding tert-OH is 1. The van der Waals surface area contributed by atoms with Gasteiger partial charge in [0.1, 0.15) is 11.7 Å². The highest BCUT2D eigenvalue weighted by Gasteiger charge is 2.41. The fourth-order valence-electron chi connectivity index (χ4n) is 2.97. The van der Waals surface area contributed by atoms with Gasteiger partial charge in [-0.25, -0.2) is 0 Å². The van der Waals surface area contributed by atoms with Crippen LogP contribution in [0.1, 0.15) is 57.8 Å². The van der Waals surface area contributed by atoms with Gasteiger partial charge in [0.15, 0.2) is 0 Å². The smallest absolute Gasteiger partial charge is 0.108 e. The number of hydrogen-bond donors (Lipinski definition) is 1. The zero-order chi connectivity index (χ0) is 15.5. The molecule has 1 unspecified atom stereocenters. The highest BCUT2D eigenvalue weighted by Crippen LogP contribution is 2.38. The third-order valence-electron chi connectivity index (χ3n) is 4.36. The Balaban J connectivity index is 2.22. The van der Waals surface area contributed by atoms with Gasteiger partial charge in [0, 0.05) is 32.7 Å². The van der Waals surface area contributed by atoms with Gasteiger partial charge in [-0.1, -0.05) is 45.0 Å². The maximum Gasteiger partial charge on any atom is 0.108 e. The molecule has 0 amide bonds. The van der Waals surface area contributed by atoms with Crippen LogP contribution < -0.4 is 0 Å². The summed E-state index contributed by atoms with van der Waals surface area (Å²) in [6, 6.07) is 8.28. The molecule has 2 rings (SSSR count). The quantitative estimate of drug-likeness (QED) is 0.921. The molecule has 0 bridgehead atoms. The third kappa shape index (κ3) is 3.65. The molecule has 0 aliphatic carbocycles. The highest BCUT2D eigenvalue weighted by atomic mass is 16.5. The summed E-state index contributed by atoms with van der Waals surface area (Å²) in [5.41, 5.74) is 1.82. The van der Waals surface area contributed by atoms with Gasteiger partial charge in [-0.2, -0.15) is 0 Å². The molecule has 1 N–H and O–H groups in total.